The topological polar surface area (TPSA) is 105 Å². The van der Waals surface area contributed by atoms with Crippen LogP contribution in [0.1, 0.15) is 73.1 Å². The molecular weight excluding hydrogens is 428 g/mol. The Kier molecular flexibility index (Phi) is 6.28. The van der Waals surface area contributed by atoms with E-state index in [0.717, 1.165) is 0 Å². The van der Waals surface area contributed by atoms with Gasteiger partial charge in [0.1, 0.15) is 16.8 Å². The summed E-state index contributed by atoms with van der Waals surface area (Å²) in [4.78, 5) is 52.3. The van der Waals surface area contributed by atoms with Gasteiger partial charge >= 0.3 is 17.9 Å². The van der Waals surface area contributed by atoms with Gasteiger partial charge in [-0.2, -0.15) is 0 Å². The zero-order valence-electron chi connectivity index (χ0n) is 20.4. The number of methoxy groups -OCH3 is 1. The number of carbonyl (C=O) groups is 4. The van der Waals surface area contributed by atoms with Gasteiger partial charge in [0.25, 0.3) is 0 Å². The van der Waals surface area contributed by atoms with Crippen LogP contribution < -0.4 is 0 Å². The van der Waals surface area contributed by atoms with Crippen molar-refractivity contribution < 1.29 is 38.1 Å². The van der Waals surface area contributed by atoms with Crippen LogP contribution in [0.4, 0.5) is 0 Å². The van der Waals surface area contributed by atoms with E-state index in [-0.39, 0.29) is 24.2 Å². The summed E-state index contributed by atoms with van der Waals surface area (Å²) in [5.74, 6) is -3.72. The maximum atomic E-state index is 13.9. The van der Waals surface area contributed by atoms with Crippen molar-refractivity contribution in [1.29, 1.82) is 0 Å². The fourth-order valence-corrected chi connectivity index (χ4v) is 5.84. The number of rotatable bonds is 5. The van der Waals surface area contributed by atoms with Crippen LogP contribution >= 0.6 is 0 Å². The minimum absolute atomic E-state index is 0.0842. The molecule has 0 N–H and O–H groups in total. The van der Waals surface area contributed by atoms with Crippen LogP contribution in [0.5, 0.6) is 0 Å². The lowest BCUT2D eigenvalue weighted by atomic mass is 9.50. The van der Waals surface area contributed by atoms with Crippen molar-refractivity contribution in [2.75, 3.05) is 7.11 Å². The van der Waals surface area contributed by atoms with Gasteiger partial charge < -0.3 is 18.9 Å². The lowest BCUT2D eigenvalue weighted by Gasteiger charge is -2.52. The summed E-state index contributed by atoms with van der Waals surface area (Å²) in [5, 5.41) is 0. The van der Waals surface area contributed by atoms with Gasteiger partial charge in [-0.3, -0.25) is 9.59 Å². The maximum absolute atomic E-state index is 13.9. The molecule has 2 aliphatic carbocycles. The highest BCUT2D eigenvalue weighted by molar-refractivity contribution is 6.09. The number of carbonyl (C=O) groups excluding carboxylic acids is 4. The first-order chi connectivity index (χ1) is 15.2. The van der Waals surface area contributed by atoms with Crippen LogP contribution in [0.3, 0.4) is 0 Å². The van der Waals surface area contributed by atoms with Crippen LogP contribution in [0.2, 0.25) is 0 Å². The van der Waals surface area contributed by atoms with Crippen molar-refractivity contribution >= 4 is 23.7 Å². The number of hydrogen-bond donors (Lipinski definition) is 0. The van der Waals surface area contributed by atoms with E-state index in [0.29, 0.717) is 31.4 Å². The van der Waals surface area contributed by atoms with Crippen molar-refractivity contribution in [2.24, 2.45) is 16.7 Å². The van der Waals surface area contributed by atoms with Gasteiger partial charge in [-0.15, -0.1) is 0 Å². The molecule has 0 saturated heterocycles. The summed E-state index contributed by atoms with van der Waals surface area (Å²) in [5.41, 5.74) is -3.28. The van der Waals surface area contributed by atoms with Crippen LogP contribution in [0, 0.1) is 16.7 Å². The van der Waals surface area contributed by atoms with Gasteiger partial charge in [-0.1, -0.05) is 13.0 Å². The molecule has 2 fully saturated rings. The Morgan fingerprint density at radius 3 is 2.42 bits per heavy atom. The lowest BCUT2D eigenvalue weighted by molar-refractivity contribution is -0.209. The molecule has 0 aromatic heterocycles. The van der Waals surface area contributed by atoms with Gasteiger partial charge in [0.2, 0.25) is 5.79 Å². The Morgan fingerprint density at radius 1 is 1.18 bits per heavy atom. The third-order valence-corrected chi connectivity index (χ3v) is 6.88. The summed E-state index contributed by atoms with van der Waals surface area (Å²) in [7, 11) is 1.24. The second-order valence-electron chi connectivity index (χ2n) is 10.7. The predicted octanol–water partition coefficient (Wildman–Crippen LogP) is 3.78. The quantitative estimate of drug-likeness (QED) is 0.263. The summed E-state index contributed by atoms with van der Waals surface area (Å²) < 4.78 is 21.8. The zero-order chi connectivity index (χ0) is 24.8. The largest absolute Gasteiger partial charge is 0.466 e. The van der Waals surface area contributed by atoms with Gasteiger partial charge in [0, 0.05) is 43.6 Å². The average molecular weight is 463 g/mol. The number of Topliss-reactive ketones (excluding diaryl/α,β-unsaturated/α-hetero) is 1. The van der Waals surface area contributed by atoms with E-state index < -0.39 is 46.0 Å². The lowest BCUT2D eigenvalue weighted by Crippen LogP contribution is -2.58. The van der Waals surface area contributed by atoms with E-state index in [2.05, 4.69) is 6.58 Å². The normalized spacial score (nSPS) is 31.0. The highest BCUT2D eigenvalue weighted by Crippen LogP contribution is 2.66. The number of ketones is 1. The van der Waals surface area contributed by atoms with Gasteiger partial charge in [0.15, 0.2) is 5.78 Å². The van der Waals surface area contributed by atoms with Crippen molar-refractivity contribution in [2.45, 2.75) is 84.5 Å². The molecule has 3 aliphatic rings. The van der Waals surface area contributed by atoms with Gasteiger partial charge in [-0.05, 0) is 40.0 Å². The van der Waals surface area contributed by atoms with Crippen LogP contribution in [0.15, 0.2) is 24.0 Å². The summed E-state index contributed by atoms with van der Waals surface area (Å²) in [6.45, 7) is 12.4. The molecule has 2 saturated carbocycles. The van der Waals surface area contributed by atoms with Crippen molar-refractivity contribution in [1.82, 2.24) is 0 Å². The fourth-order valence-electron chi connectivity index (χ4n) is 5.84. The Hall–Kier alpha value is -2.64. The number of fused-ring (bicyclic) bond motifs is 1. The SMILES string of the molecule is C=C(C(=O)OC)[C@@H]1CCC[C@@]2(CC3=CC(=O)OC(C)(C)O3)CCC(=O)[C@@]12C(=O)OC(C)(C)C. The molecule has 1 aliphatic heterocycles. The second-order valence-corrected chi connectivity index (χ2v) is 10.7. The zero-order valence-corrected chi connectivity index (χ0v) is 20.4. The third-order valence-electron chi connectivity index (χ3n) is 6.88. The number of ether oxygens (including phenoxy) is 4. The highest BCUT2D eigenvalue weighted by atomic mass is 16.7. The molecule has 33 heavy (non-hydrogen) atoms. The molecule has 8 heteroatoms. The Morgan fingerprint density at radius 2 is 1.85 bits per heavy atom. The molecule has 1 heterocycles. The molecule has 182 valence electrons. The predicted molar refractivity (Wildman–Crippen MR) is 117 cm³/mol. The molecule has 0 amide bonds. The molecule has 0 spiro atoms. The molecule has 0 unspecified atom stereocenters. The Labute approximate surface area is 194 Å². The standard InChI is InChI=1S/C25H34O8/c1-15(20(28)30-7)17-9-8-11-24(14-16-13-19(27)32-23(5,6)31-16)12-10-18(26)25(17,24)21(29)33-22(2,3)4/h13,17H,1,8-12,14H2,2-7H3/t17-,24-,25+/m0/s1. The maximum Gasteiger partial charge on any atom is 0.337 e. The molecule has 3 rings (SSSR count). The van der Waals surface area contributed by atoms with E-state index in [9.17, 15) is 19.2 Å². The molecular formula is C25H34O8. The number of cyclic esters (lactones) is 1. The average Bonchev–Trinajstić information content (AvgIpc) is 2.97. The Balaban J connectivity index is 2.16. The van der Waals surface area contributed by atoms with E-state index in [1.165, 1.54) is 13.2 Å². The smallest absolute Gasteiger partial charge is 0.337 e. The highest BCUT2D eigenvalue weighted by Gasteiger charge is 2.71. The van der Waals surface area contributed by atoms with E-state index in [1.807, 2.05) is 0 Å². The minimum Gasteiger partial charge on any atom is -0.466 e. The van der Waals surface area contributed by atoms with E-state index in [1.54, 1.807) is 34.6 Å². The summed E-state index contributed by atoms with van der Waals surface area (Å²) >= 11 is 0. The molecule has 8 nitrogen and oxygen atoms in total. The van der Waals surface area contributed by atoms with Gasteiger partial charge in [0.05, 0.1) is 13.2 Å². The van der Waals surface area contributed by atoms with Crippen molar-refractivity contribution in [3.8, 4) is 0 Å². The van der Waals surface area contributed by atoms with Gasteiger partial charge in [-0.25, -0.2) is 9.59 Å². The fraction of sp³-hybridized carbons (Fsp3) is 0.680. The number of allylic oxidation sites excluding steroid dienone is 1. The minimum atomic E-state index is -1.63. The van der Waals surface area contributed by atoms with E-state index in [4.69, 9.17) is 18.9 Å². The molecule has 3 atom stereocenters. The third kappa shape index (κ3) is 4.32. The summed E-state index contributed by atoms with van der Waals surface area (Å²) in [6.07, 6.45) is 3.63. The molecule has 0 radical (unpaired) electrons. The monoisotopic (exact) mass is 462 g/mol. The summed E-state index contributed by atoms with van der Waals surface area (Å²) in [6, 6.07) is 0. The van der Waals surface area contributed by atoms with Crippen molar-refractivity contribution in [3.05, 3.63) is 24.0 Å². The molecule has 0 aromatic carbocycles. The Bertz CT molecular complexity index is 921. The number of esters is 3. The first-order valence-electron chi connectivity index (χ1n) is 11.3. The first kappa shape index (κ1) is 25.0. The van der Waals surface area contributed by atoms with Crippen LogP contribution in [-0.4, -0.2) is 42.2 Å². The number of hydrogen-bond acceptors (Lipinski definition) is 8. The molecule has 0 aromatic rings. The molecule has 0 bridgehead atoms. The van der Waals surface area contributed by atoms with E-state index >= 15 is 0 Å². The van der Waals surface area contributed by atoms with Crippen LogP contribution in [-0.2, 0) is 38.1 Å². The first-order valence-corrected chi connectivity index (χ1v) is 11.3. The second kappa shape index (κ2) is 8.29. The van der Waals surface area contributed by atoms with Crippen molar-refractivity contribution in [3.63, 3.8) is 0 Å². The van der Waals surface area contributed by atoms with Crippen LogP contribution in [0.25, 0.3) is 0 Å².